The van der Waals surface area contributed by atoms with Crippen LogP contribution in [0, 0.1) is 0 Å². The van der Waals surface area contributed by atoms with Gasteiger partial charge in [-0.3, -0.25) is 0 Å². The summed E-state index contributed by atoms with van der Waals surface area (Å²) in [5, 5.41) is 0. The Hall–Kier alpha value is -1.75. The Morgan fingerprint density at radius 3 is 2.65 bits per heavy atom. The van der Waals surface area contributed by atoms with Crippen LogP contribution in [0.25, 0.3) is 11.5 Å². The van der Waals surface area contributed by atoms with Crippen molar-refractivity contribution in [3.05, 3.63) is 42.3 Å². The van der Waals surface area contributed by atoms with Gasteiger partial charge in [-0.2, -0.15) is 8.78 Å². The second-order valence-electron chi connectivity index (χ2n) is 3.61. The van der Waals surface area contributed by atoms with Gasteiger partial charge in [0.05, 0.1) is 6.61 Å². The number of benzene rings is 1. The molecule has 0 saturated carbocycles. The molecule has 90 valence electrons. The lowest BCUT2D eigenvalue weighted by atomic mass is 10.2. The first kappa shape index (κ1) is 11.7. The average molecular weight is 239 g/mol. The maximum absolute atomic E-state index is 12.5. The number of nitrogens with zero attached hydrogens (tertiary/aromatic N) is 1. The number of oxazole rings is 1. The summed E-state index contributed by atoms with van der Waals surface area (Å²) in [4.78, 5) is 4.06. The molecule has 0 atom stereocenters. The van der Waals surface area contributed by atoms with Crippen molar-refractivity contribution >= 4 is 0 Å². The van der Waals surface area contributed by atoms with Crippen LogP contribution >= 0.6 is 0 Å². The van der Waals surface area contributed by atoms with Crippen LogP contribution in [0.1, 0.15) is 12.6 Å². The minimum absolute atomic E-state index is 0.278. The Labute approximate surface area is 97.0 Å². The largest absolute Gasteiger partial charge is 0.444 e. The summed E-state index contributed by atoms with van der Waals surface area (Å²) >= 11 is 0. The third kappa shape index (κ3) is 3.35. The molecule has 0 unspecified atom stereocenters. The van der Waals surface area contributed by atoms with Gasteiger partial charge in [0, 0.05) is 12.5 Å². The van der Waals surface area contributed by atoms with E-state index in [1.54, 1.807) is 0 Å². The molecule has 0 N–H and O–H groups in total. The third-order valence-corrected chi connectivity index (χ3v) is 2.05. The van der Waals surface area contributed by atoms with Gasteiger partial charge in [-0.15, -0.1) is 0 Å². The molecule has 0 bridgehead atoms. The maximum Gasteiger partial charge on any atom is 0.353 e. The predicted octanol–water partition coefficient (Wildman–Crippen LogP) is 3.47. The molecule has 0 radical (unpaired) electrons. The van der Waals surface area contributed by atoms with Crippen molar-refractivity contribution in [2.75, 3.05) is 0 Å². The molecule has 1 heterocycles. The van der Waals surface area contributed by atoms with E-state index in [2.05, 4.69) is 9.72 Å². The molecule has 5 heteroatoms. The fourth-order valence-electron chi connectivity index (χ4n) is 1.29. The van der Waals surface area contributed by atoms with E-state index in [1.165, 1.54) is 6.26 Å². The van der Waals surface area contributed by atoms with Crippen LogP contribution in [0.2, 0.25) is 0 Å². The summed E-state index contributed by atoms with van der Waals surface area (Å²) in [7, 11) is 0. The first-order valence-corrected chi connectivity index (χ1v) is 5.06. The first-order chi connectivity index (χ1) is 8.04. The van der Waals surface area contributed by atoms with E-state index < -0.39 is 6.11 Å². The molecule has 3 nitrogen and oxygen atoms in total. The van der Waals surface area contributed by atoms with Crippen molar-refractivity contribution in [1.29, 1.82) is 0 Å². The minimum atomic E-state index is -3.16. The Balaban J connectivity index is 2.07. The number of halogens is 2. The number of hydrogen-bond acceptors (Lipinski definition) is 3. The predicted molar refractivity (Wildman–Crippen MR) is 57.3 cm³/mol. The standard InChI is InChI=1S/C12H11F2NO2/c1-12(13,14)17-8-10-7-16-11(15-10)9-5-3-2-4-6-9/h2-7H,8H2,1H3. The molecule has 2 aromatic rings. The SMILES string of the molecule is CC(F)(F)OCc1coc(-c2ccccc2)n1. The molecule has 0 aliphatic rings. The molecule has 0 fully saturated rings. The van der Waals surface area contributed by atoms with Crippen molar-refractivity contribution in [3.63, 3.8) is 0 Å². The molecule has 0 spiro atoms. The van der Waals surface area contributed by atoms with E-state index in [4.69, 9.17) is 4.42 Å². The summed E-state index contributed by atoms with van der Waals surface area (Å²) in [5.74, 6) is 0.392. The molecule has 0 aliphatic carbocycles. The van der Waals surface area contributed by atoms with Crippen LogP contribution < -0.4 is 0 Å². The summed E-state index contributed by atoms with van der Waals surface area (Å²) in [5.41, 5.74) is 1.13. The van der Waals surface area contributed by atoms with Gasteiger partial charge in [-0.05, 0) is 12.1 Å². The molecule has 1 aromatic heterocycles. The van der Waals surface area contributed by atoms with Gasteiger partial charge in [-0.1, -0.05) is 18.2 Å². The Kier molecular flexibility index (Phi) is 3.19. The van der Waals surface area contributed by atoms with Gasteiger partial charge in [0.25, 0.3) is 0 Å². The number of rotatable bonds is 4. The van der Waals surface area contributed by atoms with E-state index in [0.29, 0.717) is 18.5 Å². The topological polar surface area (TPSA) is 35.3 Å². The van der Waals surface area contributed by atoms with E-state index in [1.807, 2.05) is 30.3 Å². The Bertz CT molecular complexity index is 477. The van der Waals surface area contributed by atoms with Crippen LogP contribution in [0.3, 0.4) is 0 Å². The molecule has 0 aliphatic heterocycles. The van der Waals surface area contributed by atoms with E-state index in [-0.39, 0.29) is 6.61 Å². The van der Waals surface area contributed by atoms with E-state index >= 15 is 0 Å². The zero-order valence-electron chi connectivity index (χ0n) is 9.19. The summed E-state index contributed by atoms with van der Waals surface area (Å²) in [6, 6.07) is 9.20. The van der Waals surface area contributed by atoms with Crippen molar-refractivity contribution in [3.8, 4) is 11.5 Å². The van der Waals surface area contributed by atoms with Crippen molar-refractivity contribution < 1.29 is 17.9 Å². The van der Waals surface area contributed by atoms with Crippen LogP contribution in [0.15, 0.2) is 41.0 Å². The fourth-order valence-corrected chi connectivity index (χ4v) is 1.29. The van der Waals surface area contributed by atoms with Crippen LogP contribution in [-0.2, 0) is 11.3 Å². The van der Waals surface area contributed by atoms with Crippen molar-refractivity contribution in [2.45, 2.75) is 19.6 Å². The van der Waals surface area contributed by atoms with Gasteiger partial charge in [-0.25, -0.2) is 4.98 Å². The third-order valence-electron chi connectivity index (χ3n) is 2.05. The maximum atomic E-state index is 12.5. The highest BCUT2D eigenvalue weighted by Gasteiger charge is 2.22. The molecule has 2 rings (SSSR count). The Morgan fingerprint density at radius 2 is 2.00 bits per heavy atom. The minimum Gasteiger partial charge on any atom is -0.444 e. The van der Waals surface area contributed by atoms with Gasteiger partial charge in [0.1, 0.15) is 12.0 Å². The summed E-state index contributed by atoms with van der Waals surface area (Å²) in [6.07, 6.45) is -1.85. The normalized spacial score (nSPS) is 11.7. The van der Waals surface area contributed by atoms with Gasteiger partial charge >= 0.3 is 6.11 Å². The highest BCUT2D eigenvalue weighted by Crippen LogP contribution is 2.20. The number of alkyl halides is 2. The molecule has 0 saturated heterocycles. The number of aromatic nitrogens is 1. The zero-order valence-corrected chi connectivity index (χ0v) is 9.19. The average Bonchev–Trinajstić information content (AvgIpc) is 2.75. The second-order valence-corrected chi connectivity index (χ2v) is 3.61. The molecule has 0 amide bonds. The van der Waals surface area contributed by atoms with Crippen LogP contribution in [0.5, 0.6) is 0 Å². The molecule has 17 heavy (non-hydrogen) atoms. The zero-order chi connectivity index (χ0) is 12.3. The van der Waals surface area contributed by atoms with Gasteiger partial charge < -0.3 is 9.15 Å². The molecular formula is C12H11F2NO2. The van der Waals surface area contributed by atoms with Crippen molar-refractivity contribution in [2.24, 2.45) is 0 Å². The van der Waals surface area contributed by atoms with Crippen molar-refractivity contribution in [1.82, 2.24) is 4.98 Å². The van der Waals surface area contributed by atoms with E-state index in [0.717, 1.165) is 5.56 Å². The van der Waals surface area contributed by atoms with Gasteiger partial charge in [0.2, 0.25) is 5.89 Å². The fraction of sp³-hybridized carbons (Fsp3) is 0.250. The lowest BCUT2D eigenvalue weighted by Gasteiger charge is -2.08. The Morgan fingerprint density at radius 1 is 1.29 bits per heavy atom. The quantitative estimate of drug-likeness (QED) is 0.819. The monoisotopic (exact) mass is 239 g/mol. The number of ether oxygens (including phenoxy) is 1. The van der Waals surface area contributed by atoms with Crippen LogP contribution in [-0.4, -0.2) is 11.1 Å². The second kappa shape index (κ2) is 4.63. The molecule has 1 aromatic carbocycles. The highest BCUT2D eigenvalue weighted by atomic mass is 19.3. The number of hydrogen-bond donors (Lipinski definition) is 0. The van der Waals surface area contributed by atoms with E-state index in [9.17, 15) is 8.78 Å². The lowest BCUT2D eigenvalue weighted by Crippen LogP contribution is -2.14. The summed E-state index contributed by atoms with van der Waals surface area (Å²) in [6.45, 7) is 0.408. The first-order valence-electron chi connectivity index (χ1n) is 5.06. The lowest BCUT2D eigenvalue weighted by molar-refractivity contribution is -0.231. The highest BCUT2D eigenvalue weighted by molar-refractivity contribution is 5.52. The van der Waals surface area contributed by atoms with Gasteiger partial charge in [0.15, 0.2) is 0 Å². The van der Waals surface area contributed by atoms with Crippen LogP contribution in [0.4, 0.5) is 8.78 Å². The molecular weight excluding hydrogens is 228 g/mol. The summed E-state index contributed by atoms with van der Waals surface area (Å²) < 4.78 is 34.4. The smallest absolute Gasteiger partial charge is 0.353 e.